The fraction of sp³-hybridized carbons (Fsp3) is 1.00. The molecule has 0 bridgehead atoms. The molecule has 1 saturated heterocycles. The largest absolute Gasteiger partial charge is 0.381 e. The zero-order valence-corrected chi connectivity index (χ0v) is 13.4. The second-order valence-electron chi connectivity index (χ2n) is 6.56. The van der Waals surface area contributed by atoms with Crippen LogP contribution < -0.4 is 5.32 Å². The van der Waals surface area contributed by atoms with Crippen molar-refractivity contribution in [3.8, 4) is 0 Å². The van der Waals surface area contributed by atoms with Gasteiger partial charge in [0, 0.05) is 25.7 Å². The van der Waals surface area contributed by atoms with Gasteiger partial charge in [-0.05, 0) is 44.6 Å². The SMILES string of the molecule is CCCNC(C1CCCOC1)C(OC)C1CCCCC1. The van der Waals surface area contributed by atoms with E-state index in [1.807, 2.05) is 7.11 Å². The van der Waals surface area contributed by atoms with E-state index in [-0.39, 0.29) is 0 Å². The van der Waals surface area contributed by atoms with Crippen molar-refractivity contribution < 1.29 is 9.47 Å². The molecule has 3 nitrogen and oxygen atoms in total. The molecule has 1 heterocycles. The van der Waals surface area contributed by atoms with E-state index in [1.165, 1.54) is 51.4 Å². The molecule has 0 aromatic heterocycles. The van der Waals surface area contributed by atoms with Crippen LogP contribution >= 0.6 is 0 Å². The van der Waals surface area contributed by atoms with Gasteiger partial charge in [-0.15, -0.1) is 0 Å². The minimum atomic E-state index is 0.369. The average molecular weight is 283 g/mol. The molecule has 0 aromatic rings. The minimum absolute atomic E-state index is 0.369. The van der Waals surface area contributed by atoms with E-state index in [2.05, 4.69) is 12.2 Å². The van der Waals surface area contributed by atoms with E-state index in [0.29, 0.717) is 18.1 Å². The maximum absolute atomic E-state index is 5.98. The van der Waals surface area contributed by atoms with Crippen molar-refractivity contribution in [1.82, 2.24) is 5.32 Å². The van der Waals surface area contributed by atoms with Crippen LogP contribution in [0.4, 0.5) is 0 Å². The van der Waals surface area contributed by atoms with Gasteiger partial charge in [0.1, 0.15) is 0 Å². The van der Waals surface area contributed by atoms with Crippen LogP contribution in [0.5, 0.6) is 0 Å². The Morgan fingerprint density at radius 3 is 2.45 bits per heavy atom. The van der Waals surface area contributed by atoms with Crippen LogP contribution in [-0.4, -0.2) is 39.0 Å². The van der Waals surface area contributed by atoms with Gasteiger partial charge in [-0.1, -0.05) is 26.2 Å². The fourth-order valence-corrected chi connectivity index (χ4v) is 4.01. The fourth-order valence-electron chi connectivity index (χ4n) is 4.01. The first-order valence-corrected chi connectivity index (χ1v) is 8.70. The average Bonchev–Trinajstić information content (AvgIpc) is 2.53. The third kappa shape index (κ3) is 4.44. The first-order valence-electron chi connectivity index (χ1n) is 8.70. The van der Waals surface area contributed by atoms with Gasteiger partial charge in [0.15, 0.2) is 0 Å². The molecule has 0 aromatic carbocycles. The van der Waals surface area contributed by atoms with Gasteiger partial charge in [0.25, 0.3) is 0 Å². The minimum Gasteiger partial charge on any atom is -0.381 e. The zero-order chi connectivity index (χ0) is 14.2. The Morgan fingerprint density at radius 1 is 1.10 bits per heavy atom. The predicted molar refractivity (Wildman–Crippen MR) is 83.0 cm³/mol. The van der Waals surface area contributed by atoms with E-state index in [9.17, 15) is 0 Å². The summed E-state index contributed by atoms with van der Waals surface area (Å²) in [7, 11) is 1.91. The van der Waals surface area contributed by atoms with Crippen molar-refractivity contribution in [2.45, 2.75) is 70.4 Å². The summed E-state index contributed by atoms with van der Waals surface area (Å²) in [5.41, 5.74) is 0. The van der Waals surface area contributed by atoms with Crippen molar-refractivity contribution in [3.05, 3.63) is 0 Å². The molecule has 20 heavy (non-hydrogen) atoms. The van der Waals surface area contributed by atoms with E-state index in [0.717, 1.165) is 25.7 Å². The van der Waals surface area contributed by atoms with Crippen LogP contribution in [-0.2, 0) is 9.47 Å². The maximum Gasteiger partial charge on any atom is 0.0755 e. The Bertz CT molecular complexity index is 247. The molecule has 2 aliphatic rings. The van der Waals surface area contributed by atoms with Crippen molar-refractivity contribution in [3.63, 3.8) is 0 Å². The highest BCUT2D eigenvalue weighted by Crippen LogP contribution is 2.32. The monoisotopic (exact) mass is 283 g/mol. The number of hydrogen-bond acceptors (Lipinski definition) is 3. The highest BCUT2D eigenvalue weighted by Gasteiger charge is 2.35. The summed E-state index contributed by atoms with van der Waals surface area (Å²) in [4.78, 5) is 0. The Morgan fingerprint density at radius 2 is 1.85 bits per heavy atom. The molecule has 1 saturated carbocycles. The van der Waals surface area contributed by atoms with Gasteiger partial charge >= 0.3 is 0 Å². The summed E-state index contributed by atoms with van der Waals surface area (Å²) < 4.78 is 11.7. The van der Waals surface area contributed by atoms with Crippen molar-refractivity contribution in [1.29, 1.82) is 0 Å². The molecule has 3 atom stereocenters. The molecular weight excluding hydrogens is 250 g/mol. The van der Waals surface area contributed by atoms with Gasteiger partial charge in [0.2, 0.25) is 0 Å². The number of ether oxygens (including phenoxy) is 2. The van der Waals surface area contributed by atoms with Gasteiger partial charge in [-0.25, -0.2) is 0 Å². The molecule has 0 spiro atoms. The van der Waals surface area contributed by atoms with Crippen LogP contribution in [0.2, 0.25) is 0 Å². The highest BCUT2D eigenvalue weighted by molar-refractivity contribution is 4.90. The summed E-state index contributed by atoms with van der Waals surface area (Å²) in [5, 5.41) is 3.78. The molecule has 0 radical (unpaired) electrons. The zero-order valence-electron chi connectivity index (χ0n) is 13.4. The molecule has 0 amide bonds. The van der Waals surface area contributed by atoms with Crippen LogP contribution in [0.3, 0.4) is 0 Å². The normalized spacial score (nSPS) is 28.2. The third-order valence-corrected chi connectivity index (χ3v) is 5.07. The standard InChI is InChI=1S/C17H33NO2/c1-3-11-18-16(15-10-7-12-20-13-15)17(19-2)14-8-5-4-6-9-14/h14-18H,3-13H2,1-2H3. The quantitative estimate of drug-likeness (QED) is 0.777. The van der Waals surface area contributed by atoms with Crippen molar-refractivity contribution in [2.24, 2.45) is 11.8 Å². The van der Waals surface area contributed by atoms with Crippen LogP contribution in [0.15, 0.2) is 0 Å². The Balaban J connectivity index is 2.00. The van der Waals surface area contributed by atoms with Crippen LogP contribution in [0.1, 0.15) is 58.3 Å². The molecule has 118 valence electrons. The van der Waals surface area contributed by atoms with E-state index in [4.69, 9.17) is 9.47 Å². The Labute approximate surface area is 124 Å². The summed E-state index contributed by atoms with van der Waals surface area (Å²) in [6.45, 7) is 5.18. The van der Waals surface area contributed by atoms with Crippen LogP contribution in [0, 0.1) is 11.8 Å². The maximum atomic E-state index is 5.98. The van der Waals surface area contributed by atoms with Crippen molar-refractivity contribution >= 4 is 0 Å². The smallest absolute Gasteiger partial charge is 0.0755 e. The molecule has 2 fully saturated rings. The Hall–Kier alpha value is -0.120. The summed E-state index contributed by atoms with van der Waals surface area (Å²) in [6, 6.07) is 0.475. The third-order valence-electron chi connectivity index (χ3n) is 5.07. The summed E-state index contributed by atoms with van der Waals surface area (Å²) in [6.07, 6.45) is 10.9. The molecule has 1 aliphatic carbocycles. The second kappa shape index (κ2) is 9.01. The lowest BCUT2D eigenvalue weighted by Crippen LogP contribution is -2.52. The number of nitrogens with one attached hydrogen (secondary N) is 1. The highest BCUT2D eigenvalue weighted by atomic mass is 16.5. The van der Waals surface area contributed by atoms with Crippen LogP contribution in [0.25, 0.3) is 0 Å². The van der Waals surface area contributed by atoms with E-state index < -0.39 is 0 Å². The van der Waals surface area contributed by atoms with Gasteiger partial charge in [0.05, 0.1) is 12.7 Å². The molecule has 1 aliphatic heterocycles. The molecular formula is C17H33NO2. The molecule has 2 rings (SSSR count). The number of rotatable bonds is 7. The molecule has 3 heteroatoms. The predicted octanol–water partition coefficient (Wildman–Crippen LogP) is 3.38. The first-order chi connectivity index (χ1) is 9.86. The number of methoxy groups -OCH3 is 1. The van der Waals surface area contributed by atoms with E-state index in [1.54, 1.807) is 0 Å². The van der Waals surface area contributed by atoms with Gasteiger partial charge in [-0.3, -0.25) is 0 Å². The Kier molecular flexibility index (Phi) is 7.32. The van der Waals surface area contributed by atoms with Crippen molar-refractivity contribution in [2.75, 3.05) is 26.9 Å². The molecule has 3 unspecified atom stereocenters. The second-order valence-corrected chi connectivity index (χ2v) is 6.56. The lowest BCUT2D eigenvalue weighted by molar-refractivity contribution is -0.0392. The lowest BCUT2D eigenvalue weighted by atomic mass is 9.78. The van der Waals surface area contributed by atoms with Gasteiger partial charge < -0.3 is 14.8 Å². The number of hydrogen-bond donors (Lipinski definition) is 1. The molecule has 1 N–H and O–H groups in total. The topological polar surface area (TPSA) is 30.5 Å². The van der Waals surface area contributed by atoms with E-state index >= 15 is 0 Å². The first kappa shape index (κ1) is 16.3. The summed E-state index contributed by atoms with van der Waals surface area (Å²) in [5.74, 6) is 1.37. The lowest BCUT2D eigenvalue weighted by Gasteiger charge is -2.40. The summed E-state index contributed by atoms with van der Waals surface area (Å²) >= 11 is 0. The van der Waals surface area contributed by atoms with Gasteiger partial charge in [-0.2, -0.15) is 0 Å².